The topological polar surface area (TPSA) is 30.5 Å². The maximum Gasteiger partial charge on any atom is 0.127 e. The number of nitrogens with one attached hydrogen (secondary N) is 1. The lowest BCUT2D eigenvalue weighted by Crippen LogP contribution is -2.31. The van der Waals surface area contributed by atoms with Crippen molar-refractivity contribution in [2.75, 3.05) is 20.8 Å². The monoisotopic (exact) mass is 291 g/mol. The summed E-state index contributed by atoms with van der Waals surface area (Å²) < 4.78 is 11.2. The summed E-state index contributed by atoms with van der Waals surface area (Å²) in [6.45, 7) is 5.61. The predicted molar refractivity (Wildman–Crippen MR) is 87.1 cm³/mol. The molecule has 1 N–H and O–H groups in total. The van der Waals surface area contributed by atoms with Crippen LogP contribution in [-0.4, -0.2) is 20.8 Å². The van der Waals surface area contributed by atoms with Gasteiger partial charge in [0.2, 0.25) is 0 Å². The van der Waals surface area contributed by atoms with Crippen LogP contribution in [0.15, 0.2) is 18.2 Å². The van der Waals surface area contributed by atoms with E-state index in [2.05, 4.69) is 19.2 Å². The summed E-state index contributed by atoms with van der Waals surface area (Å²) in [5.74, 6) is 3.26. The standard InChI is InChI=1S/C18H29NO2/c1-5-12-19-18(14-9-6-8-13(14)2)17-15(20-3)10-7-11-16(17)21-4/h7,10-11,13-14,18-19H,5-6,8-9,12H2,1-4H3. The van der Waals surface area contributed by atoms with Gasteiger partial charge in [-0.1, -0.05) is 32.8 Å². The number of hydrogen-bond donors (Lipinski definition) is 1. The molecule has 3 heteroatoms. The van der Waals surface area contributed by atoms with E-state index in [1.54, 1.807) is 14.2 Å². The molecule has 0 bridgehead atoms. The van der Waals surface area contributed by atoms with Gasteiger partial charge in [0.15, 0.2) is 0 Å². The van der Waals surface area contributed by atoms with Gasteiger partial charge in [0.25, 0.3) is 0 Å². The largest absolute Gasteiger partial charge is 0.496 e. The third-order valence-corrected chi connectivity index (χ3v) is 4.75. The summed E-state index contributed by atoms with van der Waals surface area (Å²) in [5, 5.41) is 3.75. The Balaban J connectivity index is 2.39. The fourth-order valence-corrected chi connectivity index (χ4v) is 3.62. The van der Waals surface area contributed by atoms with Crippen molar-refractivity contribution < 1.29 is 9.47 Å². The molecule has 118 valence electrons. The summed E-state index contributed by atoms with van der Waals surface area (Å²) >= 11 is 0. The second-order valence-corrected chi connectivity index (χ2v) is 6.08. The molecule has 0 spiro atoms. The van der Waals surface area contributed by atoms with E-state index in [9.17, 15) is 0 Å². The van der Waals surface area contributed by atoms with Gasteiger partial charge in [0, 0.05) is 6.04 Å². The SMILES string of the molecule is CCCNC(c1c(OC)cccc1OC)C1CCCC1C. The number of methoxy groups -OCH3 is 2. The molecule has 3 atom stereocenters. The van der Waals surface area contributed by atoms with Gasteiger partial charge in [0.05, 0.1) is 19.8 Å². The highest BCUT2D eigenvalue weighted by molar-refractivity contribution is 5.47. The molecule has 1 aliphatic carbocycles. The van der Waals surface area contributed by atoms with Gasteiger partial charge < -0.3 is 14.8 Å². The molecule has 21 heavy (non-hydrogen) atoms. The quantitative estimate of drug-likeness (QED) is 0.817. The third kappa shape index (κ3) is 3.52. The Morgan fingerprint density at radius 1 is 1.19 bits per heavy atom. The second kappa shape index (κ2) is 7.69. The predicted octanol–water partition coefficient (Wildman–Crippen LogP) is 4.18. The molecule has 0 heterocycles. The lowest BCUT2D eigenvalue weighted by molar-refractivity contribution is 0.282. The van der Waals surface area contributed by atoms with Crippen molar-refractivity contribution in [1.29, 1.82) is 0 Å². The van der Waals surface area contributed by atoms with Gasteiger partial charge in [-0.05, 0) is 43.4 Å². The highest BCUT2D eigenvalue weighted by Crippen LogP contribution is 2.45. The van der Waals surface area contributed by atoms with E-state index in [1.807, 2.05) is 18.2 Å². The van der Waals surface area contributed by atoms with Crippen molar-refractivity contribution in [1.82, 2.24) is 5.32 Å². The molecule has 0 radical (unpaired) electrons. The van der Waals surface area contributed by atoms with Crippen LogP contribution in [0.25, 0.3) is 0 Å². The average molecular weight is 291 g/mol. The van der Waals surface area contributed by atoms with Crippen molar-refractivity contribution in [3.05, 3.63) is 23.8 Å². The van der Waals surface area contributed by atoms with Crippen LogP contribution in [0.4, 0.5) is 0 Å². The first kappa shape index (κ1) is 16.2. The molecule has 2 rings (SSSR count). The zero-order valence-electron chi connectivity index (χ0n) is 13.8. The van der Waals surface area contributed by atoms with Gasteiger partial charge in [0.1, 0.15) is 11.5 Å². The van der Waals surface area contributed by atoms with Crippen LogP contribution in [-0.2, 0) is 0 Å². The van der Waals surface area contributed by atoms with Crippen LogP contribution in [0.5, 0.6) is 11.5 Å². The number of benzene rings is 1. The lowest BCUT2D eigenvalue weighted by atomic mass is 9.85. The molecule has 1 saturated carbocycles. The molecule has 3 unspecified atom stereocenters. The van der Waals surface area contributed by atoms with Crippen LogP contribution in [0.1, 0.15) is 51.1 Å². The summed E-state index contributed by atoms with van der Waals surface area (Å²) in [6, 6.07) is 6.39. The van der Waals surface area contributed by atoms with Gasteiger partial charge in [-0.2, -0.15) is 0 Å². The molecule has 1 aromatic carbocycles. The van der Waals surface area contributed by atoms with E-state index in [1.165, 1.54) is 24.8 Å². The Kier molecular flexibility index (Phi) is 5.92. The number of hydrogen-bond acceptors (Lipinski definition) is 3. The van der Waals surface area contributed by atoms with Crippen molar-refractivity contribution in [3.8, 4) is 11.5 Å². The Labute approximate surface area is 129 Å². The zero-order chi connectivity index (χ0) is 15.2. The first-order chi connectivity index (χ1) is 10.2. The first-order valence-corrected chi connectivity index (χ1v) is 8.17. The molecule has 0 aromatic heterocycles. The smallest absolute Gasteiger partial charge is 0.127 e. The molecule has 1 fully saturated rings. The maximum atomic E-state index is 5.62. The van der Waals surface area contributed by atoms with Crippen LogP contribution in [0.3, 0.4) is 0 Å². The average Bonchev–Trinajstić information content (AvgIpc) is 2.93. The number of rotatable bonds is 7. The van der Waals surface area contributed by atoms with Gasteiger partial charge >= 0.3 is 0 Å². The first-order valence-electron chi connectivity index (χ1n) is 8.17. The molecular weight excluding hydrogens is 262 g/mol. The van der Waals surface area contributed by atoms with E-state index in [-0.39, 0.29) is 0 Å². The van der Waals surface area contributed by atoms with Crippen LogP contribution in [0, 0.1) is 11.8 Å². The van der Waals surface area contributed by atoms with E-state index in [0.29, 0.717) is 12.0 Å². The molecule has 3 nitrogen and oxygen atoms in total. The minimum absolute atomic E-state index is 0.313. The summed E-state index contributed by atoms with van der Waals surface area (Å²) in [7, 11) is 3.49. The Bertz CT molecular complexity index is 425. The Morgan fingerprint density at radius 2 is 1.86 bits per heavy atom. The van der Waals surface area contributed by atoms with Crippen molar-refractivity contribution in [3.63, 3.8) is 0 Å². The normalized spacial score (nSPS) is 23.0. The molecule has 0 aliphatic heterocycles. The second-order valence-electron chi connectivity index (χ2n) is 6.08. The minimum Gasteiger partial charge on any atom is -0.496 e. The van der Waals surface area contributed by atoms with E-state index < -0.39 is 0 Å². The van der Waals surface area contributed by atoms with E-state index in [4.69, 9.17) is 9.47 Å². The zero-order valence-corrected chi connectivity index (χ0v) is 13.8. The van der Waals surface area contributed by atoms with E-state index in [0.717, 1.165) is 30.4 Å². The van der Waals surface area contributed by atoms with Crippen molar-refractivity contribution in [2.24, 2.45) is 11.8 Å². The van der Waals surface area contributed by atoms with E-state index >= 15 is 0 Å². The maximum absolute atomic E-state index is 5.62. The van der Waals surface area contributed by atoms with Crippen LogP contribution < -0.4 is 14.8 Å². The van der Waals surface area contributed by atoms with Gasteiger partial charge in [-0.15, -0.1) is 0 Å². The highest BCUT2D eigenvalue weighted by Gasteiger charge is 2.34. The Morgan fingerprint density at radius 3 is 2.33 bits per heavy atom. The van der Waals surface area contributed by atoms with Gasteiger partial charge in [-0.25, -0.2) is 0 Å². The fourth-order valence-electron chi connectivity index (χ4n) is 3.62. The lowest BCUT2D eigenvalue weighted by Gasteiger charge is -2.30. The molecule has 0 amide bonds. The van der Waals surface area contributed by atoms with Crippen molar-refractivity contribution in [2.45, 2.75) is 45.6 Å². The molecular formula is C18H29NO2. The molecule has 0 saturated heterocycles. The van der Waals surface area contributed by atoms with Crippen LogP contribution in [0.2, 0.25) is 0 Å². The fraction of sp³-hybridized carbons (Fsp3) is 0.667. The summed E-state index contributed by atoms with van der Waals surface area (Å²) in [5.41, 5.74) is 1.19. The van der Waals surface area contributed by atoms with Crippen LogP contribution >= 0.6 is 0 Å². The molecule has 1 aromatic rings. The summed E-state index contributed by atoms with van der Waals surface area (Å²) in [6.07, 6.45) is 5.07. The summed E-state index contributed by atoms with van der Waals surface area (Å²) in [4.78, 5) is 0. The third-order valence-electron chi connectivity index (χ3n) is 4.75. The highest BCUT2D eigenvalue weighted by atomic mass is 16.5. The van der Waals surface area contributed by atoms with Gasteiger partial charge in [-0.3, -0.25) is 0 Å². The number of ether oxygens (including phenoxy) is 2. The minimum atomic E-state index is 0.313. The molecule has 1 aliphatic rings. The Hall–Kier alpha value is -1.22. The van der Waals surface area contributed by atoms with Crippen molar-refractivity contribution >= 4 is 0 Å².